The maximum atomic E-state index is 2.83. The molecule has 0 spiro atoms. The number of hydrogen-bond donors (Lipinski definition) is 0. The van der Waals surface area contributed by atoms with Gasteiger partial charge in [0.25, 0.3) is 0 Å². The van der Waals surface area contributed by atoms with Crippen molar-refractivity contribution in [1.82, 2.24) is 0 Å². The van der Waals surface area contributed by atoms with Crippen LogP contribution in [0.2, 0.25) is 0 Å². The van der Waals surface area contributed by atoms with Crippen LogP contribution in [0.3, 0.4) is 0 Å². The Kier molecular flexibility index (Phi) is 4.07. The Morgan fingerprint density at radius 3 is 1.00 bits per heavy atom. The van der Waals surface area contributed by atoms with E-state index in [2.05, 4.69) is 45.2 Å². The largest absolute Gasteiger partial charge is 0.0820 e. The molecule has 0 radical (unpaired) electrons. The standard InChI is InChI=1S/C14H22I2/c15-13-9-5-1-2-6-10(9)14(16)12-8-4-3-7-11(12)13/h9-14H,1-8H2/t9-,10?,11?,12?,13?,14?/m1/s1. The molecule has 3 aliphatic rings. The lowest BCUT2D eigenvalue weighted by molar-refractivity contribution is 0.0794. The normalized spacial score (nSPS) is 52.9. The van der Waals surface area contributed by atoms with Crippen molar-refractivity contribution < 1.29 is 0 Å². The Labute approximate surface area is 127 Å². The van der Waals surface area contributed by atoms with E-state index >= 15 is 0 Å². The van der Waals surface area contributed by atoms with Gasteiger partial charge >= 0.3 is 0 Å². The van der Waals surface area contributed by atoms with Gasteiger partial charge in [0.2, 0.25) is 0 Å². The van der Waals surface area contributed by atoms with Crippen LogP contribution in [-0.4, -0.2) is 7.85 Å². The molecule has 0 nitrogen and oxygen atoms in total. The molecule has 16 heavy (non-hydrogen) atoms. The SMILES string of the molecule is IC1C2CCCCC2C(I)[C@@H]2CCCCC12. The van der Waals surface area contributed by atoms with Gasteiger partial charge in [-0.1, -0.05) is 70.9 Å². The van der Waals surface area contributed by atoms with E-state index in [9.17, 15) is 0 Å². The summed E-state index contributed by atoms with van der Waals surface area (Å²) < 4.78 is 2.03. The second kappa shape index (κ2) is 5.22. The molecule has 2 heteroatoms. The van der Waals surface area contributed by atoms with Gasteiger partial charge in [-0.3, -0.25) is 0 Å². The van der Waals surface area contributed by atoms with Gasteiger partial charge in [-0.05, 0) is 49.4 Å². The van der Waals surface area contributed by atoms with Gasteiger partial charge in [-0.2, -0.15) is 0 Å². The van der Waals surface area contributed by atoms with Crippen molar-refractivity contribution in [2.45, 2.75) is 59.2 Å². The maximum absolute atomic E-state index is 2.83. The minimum absolute atomic E-state index is 1.01. The zero-order valence-electron chi connectivity index (χ0n) is 9.88. The Balaban J connectivity index is 1.83. The fourth-order valence-corrected chi connectivity index (χ4v) is 8.16. The van der Waals surface area contributed by atoms with Crippen molar-refractivity contribution in [3.05, 3.63) is 0 Å². The molecule has 0 aromatic rings. The van der Waals surface area contributed by atoms with Crippen LogP contribution >= 0.6 is 45.2 Å². The van der Waals surface area contributed by atoms with Crippen LogP contribution in [0, 0.1) is 23.7 Å². The van der Waals surface area contributed by atoms with E-state index in [0.29, 0.717) is 0 Å². The predicted octanol–water partition coefficient (Wildman–Crippen LogP) is 5.22. The molecular weight excluding hydrogens is 422 g/mol. The highest BCUT2D eigenvalue weighted by atomic mass is 127. The monoisotopic (exact) mass is 444 g/mol. The molecule has 0 aromatic heterocycles. The van der Waals surface area contributed by atoms with Crippen molar-refractivity contribution in [3.63, 3.8) is 0 Å². The maximum Gasteiger partial charge on any atom is 0.0172 e. The van der Waals surface area contributed by atoms with Crippen LogP contribution in [-0.2, 0) is 0 Å². The summed E-state index contributed by atoms with van der Waals surface area (Å²) >= 11 is 5.66. The average Bonchev–Trinajstić information content (AvgIpc) is 2.36. The molecule has 5 unspecified atom stereocenters. The average molecular weight is 444 g/mol. The van der Waals surface area contributed by atoms with Gasteiger partial charge < -0.3 is 0 Å². The molecule has 0 amide bonds. The zero-order valence-corrected chi connectivity index (χ0v) is 14.2. The minimum Gasteiger partial charge on any atom is -0.0820 e. The fraction of sp³-hybridized carbons (Fsp3) is 1.00. The third-order valence-corrected chi connectivity index (χ3v) is 9.08. The minimum atomic E-state index is 1.01. The summed E-state index contributed by atoms with van der Waals surface area (Å²) in [6, 6.07) is 0. The Hall–Kier alpha value is 1.46. The predicted molar refractivity (Wildman–Crippen MR) is 86.5 cm³/mol. The van der Waals surface area contributed by atoms with E-state index in [1.165, 1.54) is 25.7 Å². The summed E-state index contributed by atoms with van der Waals surface area (Å²) in [5.74, 6) is 4.32. The molecule has 3 aliphatic carbocycles. The highest BCUT2D eigenvalue weighted by molar-refractivity contribution is 14.1. The van der Waals surface area contributed by atoms with Crippen LogP contribution in [0.5, 0.6) is 0 Å². The first-order valence-electron chi connectivity index (χ1n) is 7.07. The van der Waals surface area contributed by atoms with E-state index in [1.54, 1.807) is 25.7 Å². The van der Waals surface area contributed by atoms with E-state index in [4.69, 9.17) is 0 Å². The van der Waals surface area contributed by atoms with Crippen molar-refractivity contribution in [1.29, 1.82) is 0 Å². The first-order valence-corrected chi connectivity index (χ1v) is 9.56. The van der Waals surface area contributed by atoms with Crippen LogP contribution < -0.4 is 0 Å². The highest BCUT2D eigenvalue weighted by Gasteiger charge is 2.49. The van der Waals surface area contributed by atoms with Gasteiger partial charge in [0.1, 0.15) is 0 Å². The van der Waals surface area contributed by atoms with E-state index < -0.39 is 0 Å². The van der Waals surface area contributed by atoms with E-state index in [-0.39, 0.29) is 0 Å². The van der Waals surface area contributed by atoms with Crippen LogP contribution in [0.15, 0.2) is 0 Å². The van der Waals surface area contributed by atoms with Crippen molar-refractivity contribution in [2.75, 3.05) is 0 Å². The molecule has 3 rings (SSSR count). The fourth-order valence-electron chi connectivity index (χ4n) is 4.59. The molecule has 3 fully saturated rings. The quantitative estimate of drug-likeness (QED) is 0.355. The number of halogens is 2. The molecule has 0 saturated heterocycles. The van der Waals surface area contributed by atoms with E-state index in [0.717, 1.165) is 31.5 Å². The molecule has 0 aliphatic heterocycles. The molecule has 0 bridgehead atoms. The smallest absolute Gasteiger partial charge is 0.0172 e. The second-order valence-corrected chi connectivity index (χ2v) is 8.99. The van der Waals surface area contributed by atoms with Gasteiger partial charge in [-0.25, -0.2) is 0 Å². The molecule has 0 N–H and O–H groups in total. The Bertz CT molecular complexity index is 203. The van der Waals surface area contributed by atoms with Crippen molar-refractivity contribution in [3.8, 4) is 0 Å². The van der Waals surface area contributed by atoms with Crippen LogP contribution in [0.1, 0.15) is 51.4 Å². The molecule has 6 atom stereocenters. The van der Waals surface area contributed by atoms with Gasteiger partial charge in [0.15, 0.2) is 0 Å². The third-order valence-electron chi connectivity index (χ3n) is 5.39. The molecule has 3 saturated carbocycles. The number of rotatable bonds is 0. The molecular formula is C14H22I2. The summed E-state index contributed by atoms with van der Waals surface area (Å²) in [5.41, 5.74) is 0. The molecule has 0 aromatic carbocycles. The number of fused-ring (bicyclic) bond motifs is 2. The second-order valence-electron chi connectivity index (χ2n) is 6.11. The lowest BCUT2D eigenvalue weighted by atomic mass is 9.60. The topological polar surface area (TPSA) is 0 Å². The van der Waals surface area contributed by atoms with Crippen LogP contribution in [0.4, 0.5) is 0 Å². The van der Waals surface area contributed by atoms with Gasteiger partial charge in [-0.15, -0.1) is 0 Å². The molecule has 0 heterocycles. The molecule has 92 valence electrons. The van der Waals surface area contributed by atoms with Gasteiger partial charge in [0.05, 0.1) is 0 Å². The lowest BCUT2D eigenvalue weighted by Crippen LogP contribution is -2.49. The summed E-state index contributed by atoms with van der Waals surface area (Å²) in [7, 11) is 0. The summed E-state index contributed by atoms with van der Waals surface area (Å²) in [5, 5.41) is 0. The number of hydrogen-bond acceptors (Lipinski definition) is 0. The van der Waals surface area contributed by atoms with Crippen molar-refractivity contribution in [2.24, 2.45) is 23.7 Å². The van der Waals surface area contributed by atoms with Crippen LogP contribution in [0.25, 0.3) is 0 Å². The van der Waals surface area contributed by atoms with Gasteiger partial charge in [0, 0.05) is 7.85 Å². The Morgan fingerprint density at radius 1 is 0.500 bits per heavy atom. The summed E-state index contributed by atoms with van der Waals surface area (Å²) in [6.45, 7) is 0. The van der Waals surface area contributed by atoms with E-state index in [1.807, 2.05) is 0 Å². The van der Waals surface area contributed by atoms with Crippen molar-refractivity contribution >= 4 is 45.2 Å². The number of alkyl halides is 2. The Morgan fingerprint density at radius 2 is 0.750 bits per heavy atom. The summed E-state index contributed by atoms with van der Waals surface area (Å²) in [4.78, 5) is 0. The first kappa shape index (κ1) is 12.5. The highest BCUT2D eigenvalue weighted by Crippen LogP contribution is 2.55. The lowest BCUT2D eigenvalue weighted by Gasteiger charge is -2.52. The zero-order chi connectivity index (χ0) is 11.1. The third kappa shape index (κ3) is 2.08. The first-order chi connectivity index (χ1) is 7.79. The summed E-state index contributed by atoms with van der Waals surface area (Å²) in [6.07, 6.45) is 12.2.